The normalized spacial score (nSPS) is 17.8. The second-order valence-corrected chi connectivity index (χ2v) is 9.16. The summed E-state index contributed by atoms with van der Waals surface area (Å²) in [6, 6.07) is 16.4. The summed E-state index contributed by atoms with van der Waals surface area (Å²) in [5.41, 5.74) is 0.915. The van der Waals surface area contributed by atoms with E-state index in [1.54, 1.807) is 30.3 Å². The van der Waals surface area contributed by atoms with Crippen LogP contribution in [-0.4, -0.2) is 62.8 Å². The lowest BCUT2D eigenvalue weighted by Crippen LogP contribution is -2.62. The third kappa shape index (κ3) is 5.31. The fourth-order valence-corrected chi connectivity index (χ4v) is 4.65. The lowest BCUT2D eigenvalue weighted by molar-refractivity contribution is -0.140. The molecular formula is C27H31N3O5. The largest absolute Gasteiger partial charge is 0.492 e. The number of carbonyl (C=O) groups excluding carboxylic acids is 2. The molecule has 2 aromatic rings. The highest BCUT2D eigenvalue weighted by Crippen LogP contribution is 2.46. The summed E-state index contributed by atoms with van der Waals surface area (Å²) in [6.45, 7) is 1.97. The van der Waals surface area contributed by atoms with E-state index in [1.807, 2.05) is 25.2 Å². The van der Waals surface area contributed by atoms with Gasteiger partial charge >= 0.3 is 5.97 Å². The van der Waals surface area contributed by atoms with Crippen LogP contribution in [0.25, 0.3) is 0 Å². The number of rotatable bonds is 9. The first-order valence-electron chi connectivity index (χ1n) is 11.9. The summed E-state index contributed by atoms with van der Waals surface area (Å²) in [4.78, 5) is 27.6. The number of hydrogen-bond donors (Lipinski definition) is 1. The van der Waals surface area contributed by atoms with Gasteiger partial charge in [-0.25, -0.2) is 4.79 Å². The van der Waals surface area contributed by atoms with E-state index in [9.17, 15) is 9.59 Å². The van der Waals surface area contributed by atoms with Crippen molar-refractivity contribution < 1.29 is 23.8 Å². The van der Waals surface area contributed by atoms with Gasteiger partial charge in [-0.1, -0.05) is 18.2 Å². The van der Waals surface area contributed by atoms with Gasteiger partial charge in [0.25, 0.3) is 0 Å². The molecule has 8 nitrogen and oxygen atoms in total. The standard InChI is InChI=1S/C27H31N3O5/c1-30(14-17-35-23-5-3-4-20(18-23)19-28)27(12-15-34-16-13-27)25(32)29-26(10-11-26)22-8-6-21(7-9-22)24(31)33-2/h3-9,18H,10-17H2,1-2H3,(H,29,32). The number of likely N-dealkylation sites (N-methyl/N-ethyl adjacent to an activating group) is 1. The van der Waals surface area contributed by atoms with E-state index in [1.165, 1.54) is 7.11 Å². The van der Waals surface area contributed by atoms with Crippen molar-refractivity contribution in [3.63, 3.8) is 0 Å². The SMILES string of the molecule is COC(=O)c1ccc(C2(NC(=O)C3(N(C)CCOc4cccc(C#N)c4)CCOCC3)CC2)cc1. The molecule has 2 aromatic carbocycles. The highest BCUT2D eigenvalue weighted by atomic mass is 16.5. The van der Waals surface area contributed by atoms with E-state index < -0.39 is 11.1 Å². The Morgan fingerprint density at radius 2 is 1.83 bits per heavy atom. The molecular weight excluding hydrogens is 446 g/mol. The molecule has 0 bridgehead atoms. The minimum atomic E-state index is -0.697. The Labute approximate surface area is 205 Å². The number of nitrogens with one attached hydrogen (secondary N) is 1. The first-order valence-corrected chi connectivity index (χ1v) is 11.9. The molecule has 1 aliphatic heterocycles. The summed E-state index contributed by atoms with van der Waals surface area (Å²) < 4.78 is 16.2. The van der Waals surface area contributed by atoms with Gasteiger partial charge in [0, 0.05) is 19.8 Å². The van der Waals surface area contributed by atoms with Crippen LogP contribution >= 0.6 is 0 Å². The van der Waals surface area contributed by atoms with Crippen LogP contribution in [0, 0.1) is 11.3 Å². The third-order valence-electron chi connectivity index (χ3n) is 7.09. The van der Waals surface area contributed by atoms with Crippen LogP contribution in [-0.2, 0) is 19.8 Å². The lowest BCUT2D eigenvalue weighted by Gasteiger charge is -2.43. The molecule has 4 rings (SSSR count). The van der Waals surface area contributed by atoms with Crippen LogP contribution in [0.15, 0.2) is 48.5 Å². The maximum atomic E-state index is 13.8. The van der Waals surface area contributed by atoms with Gasteiger partial charge in [-0.3, -0.25) is 9.69 Å². The summed E-state index contributed by atoms with van der Waals surface area (Å²) in [6.07, 6.45) is 2.89. The summed E-state index contributed by atoms with van der Waals surface area (Å²) in [5.74, 6) is 0.245. The first-order chi connectivity index (χ1) is 16.9. The third-order valence-corrected chi connectivity index (χ3v) is 7.09. The van der Waals surface area contributed by atoms with Crippen molar-refractivity contribution in [2.45, 2.75) is 36.8 Å². The van der Waals surface area contributed by atoms with Gasteiger partial charge in [-0.2, -0.15) is 5.26 Å². The number of methoxy groups -OCH3 is 1. The smallest absolute Gasteiger partial charge is 0.337 e. The molecule has 184 valence electrons. The quantitative estimate of drug-likeness (QED) is 0.554. The zero-order valence-electron chi connectivity index (χ0n) is 20.2. The van der Waals surface area contributed by atoms with E-state index in [-0.39, 0.29) is 11.9 Å². The molecule has 0 aromatic heterocycles. The van der Waals surface area contributed by atoms with Crippen LogP contribution in [0.4, 0.5) is 0 Å². The van der Waals surface area contributed by atoms with E-state index >= 15 is 0 Å². The Morgan fingerprint density at radius 3 is 2.46 bits per heavy atom. The number of amides is 1. The molecule has 1 saturated heterocycles. The van der Waals surface area contributed by atoms with Crippen molar-refractivity contribution in [2.24, 2.45) is 0 Å². The van der Waals surface area contributed by atoms with Gasteiger partial charge in [-0.05, 0) is 68.6 Å². The fourth-order valence-electron chi connectivity index (χ4n) is 4.65. The predicted molar refractivity (Wildman–Crippen MR) is 129 cm³/mol. The molecule has 0 unspecified atom stereocenters. The zero-order valence-corrected chi connectivity index (χ0v) is 20.2. The predicted octanol–water partition coefficient (Wildman–Crippen LogP) is 3.01. The molecule has 1 aliphatic carbocycles. The van der Waals surface area contributed by atoms with Crippen molar-refractivity contribution in [3.05, 3.63) is 65.2 Å². The minimum absolute atomic E-state index is 0.00989. The molecule has 1 heterocycles. The summed E-state index contributed by atoms with van der Waals surface area (Å²) >= 11 is 0. The van der Waals surface area contributed by atoms with Crippen molar-refractivity contribution >= 4 is 11.9 Å². The Balaban J connectivity index is 1.43. The number of nitriles is 1. The Hall–Kier alpha value is -3.41. The second-order valence-electron chi connectivity index (χ2n) is 9.16. The van der Waals surface area contributed by atoms with E-state index in [2.05, 4.69) is 16.3 Å². The van der Waals surface area contributed by atoms with Gasteiger partial charge in [-0.15, -0.1) is 0 Å². The molecule has 2 fully saturated rings. The zero-order chi connectivity index (χ0) is 24.9. The number of benzene rings is 2. The lowest BCUT2D eigenvalue weighted by atomic mass is 9.86. The van der Waals surface area contributed by atoms with Gasteiger partial charge in [0.15, 0.2) is 0 Å². The number of esters is 1. The molecule has 2 aliphatic rings. The number of nitrogens with zero attached hydrogens (tertiary/aromatic N) is 2. The van der Waals surface area contributed by atoms with Gasteiger partial charge in [0.1, 0.15) is 17.9 Å². The maximum Gasteiger partial charge on any atom is 0.337 e. The van der Waals surface area contributed by atoms with E-state index in [0.29, 0.717) is 56.1 Å². The molecule has 0 spiro atoms. The fraction of sp³-hybridized carbons (Fsp3) is 0.444. The highest BCUT2D eigenvalue weighted by Gasteiger charge is 2.51. The summed E-state index contributed by atoms with van der Waals surface area (Å²) in [5, 5.41) is 12.4. The van der Waals surface area contributed by atoms with Gasteiger partial charge < -0.3 is 19.5 Å². The minimum Gasteiger partial charge on any atom is -0.492 e. The van der Waals surface area contributed by atoms with Crippen molar-refractivity contribution in [1.82, 2.24) is 10.2 Å². The van der Waals surface area contributed by atoms with Crippen LogP contribution in [0.5, 0.6) is 5.75 Å². The summed E-state index contributed by atoms with van der Waals surface area (Å²) in [7, 11) is 3.31. The van der Waals surface area contributed by atoms with Crippen LogP contribution in [0.1, 0.15) is 47.2 Å². The first kappa shape index (κ1) is 24.7. The average molecular weight is 478 g/mol. The Kier molecular flexibility index (Phi) is 7.39. The molecule has 0 radical (unpaired) electrons. The number of ether oxygens (including phenoxy) is 3. The monoisotopic (exact) mass is 477 g/mol. The Morgan fingerprint density at radius 1 is 1.11 bits per heavy atom. The molecule has 1 saturated carbocycles. The van der Waals surface area contributed by atoms with E-state index in [4.69, 9.17) is 19.5 Å². The Bertz CT molecular complexity index is 1100. The van der Waals surface area contributed by atoms with Crippen molar-refractivity contribution in [2.75, 3.05) is 40.5 Å². The van der Waals surface area contributed by atoms with E-state index in [0.717, 1.165) is 18.4 Å². The molecule has 1 N–H and O–H groups in total. The highest BCUT2D eigenvalue weighted by molar-refractivity contribution is 5.89. The number of carbonyl (C=O) groups is 2. The topological polar surface area (TPSA) is 101 Å². The van der Waals surface area contributed by atoms with Crippen LogP contribution in [0.2, 0.25) is 0 Å². The van der Waals surface area contributed by atoms with Crippen molar-refractivity contribution in [1.29, 1.82) is 5.26 Å². The molecule has 8 heteroatoms. The van der Waals surface area contributed by atoms with Crippen LogP contribution < -0.4 is 10.1 Å². The molecule has 0 atom stereocenters. The van der Waals surface area contributed by atoms with Crippen molar-refractivity contribution in [3.8, 4) is 11.8 Å². The maximum absolute atomic E-state index is 13.8. The average Bonchev–Trinajstić information content (AvgIpc) is 3.69. The molecule has 35 heavy (non-hydrogen) atoms. The van der Waals surface area contributed by atoms with Crippen LogP contribution in [0.3, 0.4) is 0 Å². The molecule has 1 amide bonds. The number of hydrogen-bond acceptors (Lipinski definition) is 7. The van der Waals surface area contributed by atoms with Gasteiger partial charge in [0.2, 0.25) is 5.91 Å². The van der Waals surface area contributed by atoms with Gasteiger partial charge in [0.05, 0.1) is 29.8 Å². The second kappa shape index (κ2) is 10.5.